The quantitative estimate of drug-likeness (QED) is 0.669. The minimum atomic E-state index is -0.563. The molecule has 5 heteroatoms. The SMILES string of the molecule is C=CCOC(=O)c1ccccc1CNC(=O)OC(C)(C)C. The fraction of sp³-hybridized carbons (Fsp3) is 0.375. The molecular formula is C16H21NO4. The van der Waals surface area contributed by atoms with Crippen molar-refractivity contribution >= 4 is 12.1 Å². The Balaban J connectivity index is 2.69. The Morgan fingerprint density at radius 3 is 2.57 bits per heavy atom. The van der Waals surface area contributed by atoms with Crippen LogP contribution in [0.4, 0.5) is 4.79 Å². The largest absolute Gasteiger partial charge is 0.458 e. The van der Waals surface area contributed by atoms with Gasteiger partial charge >= 0.3 is 12.1 Å². The normalized spacial score (nSPS) is 10.6. The lowest BCUT2D eigenvalue weighted by Gasteiger charge is -2.20. The van der Waals surface area contributed by atoms with Gasteiger partial charge < -0.3 is 14.8 Å². The van der Waals surface area contributed by atoms with Crippen LogP contribution in [-0.4, -0.2) is 24.3 Å². The first-order valence-electron chi connectivity index (χ1n) is 6.66. The van der Waals surface area contributed by atoms with E-state index >= 15 is 0 Å². The number of hydrogen-bond donors (Lipinski definition) is 1. The number of esters is 1. The number of alkyl carbamates (subject to hydrolysis) is 1. The van der Waals surface area contributed by atoms with Gasteiger partial charge in [-0.1, -0.05) is 30.9 Å². The van der Waals surface area contributed by atoms with Gasteiger partial charge in [0.05, 0.1) is 5.56 Å². The van der Waals surface area contributed by atoms with Gasteiger partial charge in [-0.3, -0.25) is 0 Å². The predicted octanol–water partition coefficient (Wildman–Crippen LogP) is 3.05. The second kappa shape index (κ2) is 7.47. The van der Waals surface area contributed by atoms with Crippen molar-refractivity contribution in [1.82, 2.24) is 5.32 Å². The Morgan fingerprint density at radius 2 is 1.95 bits per heavy atom. The fourth-order valence-corrected chi connectivity index (χ4v) is 1.57. The van der Waals surface area contributed by atoms with Crippen LogP contribution in [0.5, 0.6) is 0 Å². The summed E-state index contributed by atoms with van der Waals surface area (Å²) in [6, 6.07) is 6.93. The van der Waals surface area contributed by atoms with Crippen molar-refractivity contribution in [3.05, 3.63) is 48.0 Å². The van der Waals surface area contributed by atoms with Crippen LogP contribution in [0.15, 0.2) is 36.9 Å². The Morgan fingerprint density at radius 1 is 1.29 bits per heavy atom. The third kappa shape index (κ3) is 6.12. The summed E-state index contributed by atoms with van der Waals surface area (Å²) in [7, 11) is 0. The van der Waals surface area contributed by atoms with Gasteiger partial charge in [0.2, 0.25) is 0 Å². The van der Waals surface area contributed by atoms with Gasteiger partial charge in [0.1, 0.15) is 12.2 Å². The molecule has 1 aromatic carbocycles. The molecule has 0 aliphatic rings. The van der Waals surface area contributed by atoms with Crippen LogP contribution in [0.3, 0.4) is 0 Å². The van der Waals surface area contributed by atoms with Gasteiger partial charge in [0, 0.05) is 6.54 Å². The number of rotatable bonds is 5. The first-order valence-corrected chi connectivity index (χ1v) is 6.66. The molecule has 0 aliphatic carbocycles. The average Bonchev–Trinajstić information content (AvgIpc) is 2.41. The molecule has 1 N–H and O–H groups in total. The Kier molecular flexibility index (Phi) is 5.96. The molecule has 0 fully saturated rings. The molecule has 0 spiro atoms. The highest BCUT2D eigenvalue weighted by molar-refractivity contribution is 5.91. The van der Waals surface area contributed by atoms with Crippen LogP contribution in [-0.2, 0) is 16.0 Å². The maximum atomic E-state index is 11.9. The Labute approximate surface area is 124 Å². The van der Waals surface area contributed by atoms with Crippen molar-refractivity contribution in [3.8, 4) is 0 Å². The number of carbonyl (C=O) groups excluding carboxylic acids is 2. The minimum absolute atomic E-state index is 0.145. The van der Waals surface area contributed by atoms with E-state index in [1.807, 2.05) is 0 Å². The zero-order chi connectivity index (χ0) is 15.9. The molecule has 21 heavy (non-hydrogen) atoms. The van der Waals surface area contributed by atoms with E-state index < -0.39 is 17.7 Å². The summed E-state index contributed by atoms with van der Waals surface area (Å²) < 4.78 is 10.1. The molecule has 0 saturated carbocycles. The van der Waals surface area contributed by atoms with Crippen LogP contribution in [0.25, 0.3) is 0 Å². The molecule has 5 nitrogen and oxygen atoms in total. The highest BCUT2D eigenvalue weighted by atomic mass is 16.6. The molecule has 0 atom stereocenters. The molecule has 1 amide bonds. The Hall–Kier alpha value is -2.30. The predicted molar refractivity (Wildman–Crippen MR) is 80.0 cm³/mol. The summed E-state index contributed by atoms with van der Waals surface area (Å²) in [5.74, 6) is -0.448. The van der Waals surface area contributed by atoms with Crippen LogP contribution < -0.4 is 5.32 Å². The number of carbonyl (C=O) groups is 2. The number of nitrogens with one attached hydrogen (secondary N) is 1. The molecule has 0 unspecified atom stereocenters. The summed E-state index contributed by atoms with van der Waals surface area (Å²) in [4.78, 5) is 23.5. The van der Waals surface area contributed by atoms with Gasteiger partial charge in [-0.15, -0.1) is 0 Å². The second-order valence-electron chi connectivity index (χ2n) is 5.40. The third-order valence-corrected chi connectivity index (χ3v) is 2.39. The van der Waals surface area contributed by atoms with Crippen LogP contribution >= 0.6 is 0 Å². The topological polar surface area (TPSA) is 64.6 Å². The van der Waals surface area contributed by atoms with E-state index in [9.17, 15) is 9.59 Å². The van der Waals surface area contributed by atoms with E-state index in [0.29, 0.717) is 11.1 Å². The molecule has 0 aromatic heterocycles. The van der Waals surface area contributed by atoms with E-state index in [-0.39, 0.29) is 13.2 Å². The lowest BCUT2D eigenvalue weighted by Crippen LogP contribution is -2.32. The van der Waals surface area contributed by atoms with Gasteiger partial charge in [0.15, 0.2) is 0 Å². The van der Waals surface area contributed by atoms with E-state index in [1.165, 1.54) is 6.08 Å². The number of benzene rings is 1. The monoisotopic (exact) mass is 291 g/mol. The molecule has 0 heterocycles. The maximum absolute atomic E-state index is 11.9. The molecule has 1 rings (SSSR count). The highest BCUT2D eigenvalue weighted by Crippen LogP contribution is 2.11. The number of ether oxygens (including phenoxy) is 2. The van der Waals surface area contributed by atoms with Crippen molar-refractivity contribution in [2.45, 2.75) is 32.9 Å². The van der Waals surface area contributed by atoms with Crippen LogP contribution in [0.2, 0.25) is 0 Å². The highest BCUT2D eigenvalue weighted by Gasteiger charge is 2.17. The van der Waals surface area contributed by atoms with Gasteiger partial charge in [0.25, 0.3) is 0 Å². The molecule has 0 radical (unpaired) electrons. The van der Waals surface area contributed by atoms with E-state index in [2.05, 4.69) is 11.9 Å². The fourth-order valence-electron chi connectivity index (χ4n) is 1.57. The standard InChI is InChI=1S/C16H21NO4/c1-5-10-20-14(18)13-9-7-6-8-12(13)11-17-15(19)21-16(2,3)4/h5-9H,1,10-11H2,2-4H3,(H,17,19). The lowest BCUT2D eigenvalue weighted by atomic mass is 10.1. The van der Waals surface area contributed by atoms with Crippen molar-refractivity contribution < 1.29 is 19.1 Å². The molecule has 0 saturated heterocycles. The molecule has 0 bridgehead atoms. The van der Waals surface area contributed by atoms with E-state index in [4.69, 9.17) is 9.47 Å². The lowest BCUT2D eigenvalue weighted by molar-refractivity contribution is 0.0511. The second-order valence-corrected chi connectivity index (χ2v) is 5.40. The molecule has 1 aromatic rings. The zero-order valence-corrected chi connectivity index (χ0v) is 12.6. The summed E-state index contributed by atoms with van der Waals surface area (Å²) >= 11 is 0. The first kappa shape index (κ1) is 16.8. The first-order chi connectivity index (χ1) is 9.83. The minimum Gasteiger partial charge on any atom is -0.458 e. The zero-order valence-electron chi connectivity index (χ0n) is 12.6. The third-order valence-electron chi connectivity index (χ3n) is 2.39. The summed E-state index contributed by atoms with van der Waals surface area (Å²) in [6.45, 7) is 9.18. The maximum Gasteiger partial charge on any atom is 0.407 e. The van der Waals surface area contributed by atoms with Crippen LogP contribution in [0, 0.1) is 0 Å². The van der Waals surface area contributed by atoms with Crippen molar-refractivity contribution in [2.75, 3.05) is 6.61 Å². The average molecular weight is 291 g/mol. The van der Waals surface area contributed by atoms with E-state index in [0.717, 1.165) is 0 Å². The number of hydrogen-bond acceptors (Lipinski definition) is 4. The molecule has 0 aliphatic heterocycles. The van der Waals surface area contributed by atoms with Gasteiger partial charge in [-0.25, -0.2) is 9.59 Å². The number of amides is 1. The summed E-state index contributed by atoms with van der Waals surface area (Å²) in [6.07, 6.45) is 0.969. The molecule has 114 valence electrons. The smallest absolute Gasteiger partial charge is 0.407 e. The molecular weight excluding hydrogens is 270 g/mol. The van der Waals surface area contributed by atoms with Gasteiger partial charge in [-0.05, 0) is 32.4 Å². The van der Waals surface area contributed by atoms with Crippen LogP contribution in [0.1, 0.15) is 36.7 Å². The van der Waals surface area contributed by atoms with Gasteiger partial charge in [-0.2, -0.15) is 0 Å². The summed E-state index contributed by atoms with van der Waals surface area (Å²) in [5.41, 5.74) is 0.514. The van der Waals surface area contributed by atoms with Crippen molar-refractivity contribution in [3.63, 3.8) is 0 Å². The summed E-state index contributed by atoms with van der Waals surface area (Å²) in [5, 5.41) is 2.62. The van der Waals surface area contributed by atoms with E-state index in [1.54, 1.807) is 45.0 Å². The van der Waals surface area contributed by atoms with Crippen molar-refractivity contribution in [1.29, 1.82) is 0 Å². The Bertz CT molecular complexity index is 517. The van der Waals surface area contributed by atoms with Crippen molar-refractivity contribution in [2.24, 2.45) is 0 Å².